The molecule has 0 radical (unpaired) electrons. The predicted octanol–water partition coefficient (Wildman–Crippen LogP) is 4.97. The Bertz CT molecular complexity index is 640. The minimum atomic E-state index is 0.511. The number of allylic oxidation sites excluding steroid dienone is 1. The molecule has 0 bridgehead atoms. The molecule has 0 saturated heterocycles. The number of halogens is 2. The molecule has 0 aromatic heterocycles. The predicted molar refractivity (Wildman–Crippen MR) is 80.1 cm³/mol. The van der Waals surface area contributed by atoms with E-state index in [4.69, 9.17) is 23.2 Å². The Hall–Kier alpha value is -1.95. The van der Waals surface area contributed by atoms with Crippen LogP contribution in [0.5, 0.6) is 0 Å². The fraction of sp³-hybridized carbons (Fsp3) is 0. The van der Waals surface area contributed by atoms with E-state index >= 15 is 0 Å². The molecule has 0 spiro atoms. The molecular formula is C15H10Cl2N2. The summed E-state index contributed by atoms with van der Waals surface area (Å²) in [5, 5.41) is 13.4. The summed E-state index contributed by atoms with van der Waals surface area (Å²) in [5.41, 5.74) is 2.06. The SMILES string of the molecule is N#C/C(=C/Nc1ccccc1Cl)c1ccc(Cl)cc1. The first-order valence-electron chi connectivity index (χ1n) is 5.58. The minimum Gasteiger partial charge on any atom is -0.359 e. The van der Waals surface area contributed by atoms with Gasteiger partial charge in [0.25, 0.3) is 0 Å². The van der Waals surface area contributed by atoms with E-state index in [1.54, 1.807) is 36.5 Å². The first-order valence-corrected chi connectivity index (χ1v) is 6.33. The molecule has 19 heavy (non-hydrogen) atoms. The number of rotatable bonds is 3. The van der Waals surface area contributed by atoms with Gasteiger partial charge in [-0.1, -0.05) is 47.5 Å². The largest absolute Gasteiger partial charge is 0.359 e. The maximum absolute atomic E-state index is 9.17. The third-order valence-corrected chi connectivity index (χ3v) is 3.10. The maximum Gasteiger partial charge on any atom is 0.101 e. The molecule has 2 aromatic carbocycles. The van der Waals surface area contributed by atoms with Gasteiger partial charge in [0.2, 0.25) is 0 Å². The molecule has 94 valence electrons. The van der Waals surface area contributed by atoms with Gasteiger partial charge in [-0.15, -0.1) is 0 Å². The molecule has 2 rings (SSSR count). The molecule has 0 unspecified atom stereocenters. The monoisotopic (exact) mass is 288 g/mol. The third-order valence-electron chi connectivity index (χ3n) is 2.52. The zero-order valence-corrected chi connectivity index (χ0v) is 11.4. The lowest BCUT2D eigenvalue weighted by atomic mass is 10.1. The smallest absolute Gasteiger partial charge is 0.101 e. The fourth-order valence-corrected chi connectivity index (χ4v) is 1.85. The summed E-state index contributed by atoms with van der Waals surface area (Å²) in [7, 11) is 0. The van der Waals surface area contributed by atoms with E-state index < -0.39 is 0 Å². The Balaban J connectivity index is 2.23. The van der Waals surface area contributed by atoms with Gasteiger partial charge in [-0.05, 0) is 29.8 Å². The topological polar surface area (TPSA) is 35.8 Å². The van der Waals surface area contributed by atoms with Crippen LogP contribution in [0.1, 0.15) is 5.56 Å². The minimum absolute atomic E-state index is 0.511. The molecule has 4 heteroatoms. The number of nitrogens with one attached hydrogen (secondary N) is 1. The number of hydrogen-bond acceptors (Lipinski definition) is 2. The first-order chi connectivity index (χ1) is 9.20. The molecule has 2 aromatic rings. The van der Waals surface area contributed by atoms with E-state index in [2.05, 4.69) is 11.4 Å². The maximum atomic E-state index is 9.17. The van der Waals surface area contributed by atoms with Crippen molar-refractivity contribution in [3.8, 4) is 6.07 Å². The van der Waals surface area contributed by atoms with Gasteiger partial charge in [-0.3, -0.25) is 0 Å². The summed E-state index contributed by atoms with van der Waals surface area (Å²) in [6.07, 6.45) is 1.63. The van der Waals surface area contributed by atoms with Crippen LogP contribution in [0.4, 0.5) is 5.69 Å². The molecule has 0 aliphatic rings. The normalized spacial score (nSPS) is 10.9. The van der Waals surface area contributed by atoms with E-state index in [0.29, 0.717) is 15.6 Å². The first kappa shape index (κ1) is 13.5. The van der Waals surface area contributed by atoms with E-state index in [-0.39, 0.29) is 0 Å². The van der Waals surface area contributed by atoms with Crippen molar-refractivity contribution in [3.05, 3.63) is 70.3 Å². The highest BCUT2D eigenvalue weighted by Gasteiger charge is 2.01. The van der Waals surface area contributed by atoms with Gasteiger partial charge in [0, 0.05) is 11.2 Å². The Kier molecular flexibility index (Phi) is 4.46. The van der Waals surface area contributed by atoms with Gasteiger partial charge in [-0.25, -0.2) is 0 Å². The van der Waals surface area contributed by atoms with Crippen LogP contribution < -0.4 is 5.32 Å². The highest BCUT2D eigenvalue weighted by molar-refractivity contribution is 6.33. The van der Waals surface area contributed by atoms with Crippen LogP contribution in [0.15, 0.2) is 54.7 Å². The van der Waals surface area contributed by atoms with Crippen molar-refractivity contribution >= 4 is 34.5 Å². The third kappa shape index (κ3) is 3.51. The summed E-state index contributed by atoms with van der Waals surface area (Å²) in [6, 6.07) is 16.6. The van der Waals surface area contributed by atoms with Gasteiger partial charge >= 0.3 is 0 Å². The van der Waals surface area contributed by atoms with Crippen molar-refractivity contribution in [2.75, 3.05) is 5.32 Å². The van der Waals surface area contributed by atoms with Crippen LogP contribution in [0.3, 0.4) is 0 Å². The Morgan fingerprint density at radius 3 is 2.37 bits per heavy atom. The Labute approximate surface area is 121 Å². The highest BCUT2D eigenvalue weighted by Crippen LogP contribution is 2.22. The fourth-order valence-electron chi connectivity index (χ4n) is 1.54. The lowest BCUT2D eigenvalue weighted by Gasteiger charge is -2.04. The molecule has 0 fully saturated rings. The average molecular weight is 289 g/mol. The van der Waals surface area contributed by atoms with Crippen molar-refractivity contribution in [2.45, 2.75) is 0 Å². The van der Waals surface area contributed by atoms with Crippen molar-refractivity contribution in [1.82, 2.24) is 0 Å². The Morgan fingerprint density at radius 2 is 1.74 bits per heavy atom. The molecule has 0 aliphatic carbocycles. The van der Waals surface area contributed by atoms with Crippen molar-refractivity contribution in [3.63, 3.8) is 0 Å². The molecule has 0 heterocycles. The van der Waals surface area contributed by atoms with Crippen LogP contribution in [-0.4, -0.2) is 0 Å². The lowest BCUT2D eigenvalue weighted by Crippen LogP contribution is -1.91. The number of benzene rings is 2. The lowest BCUT2D eigenvalue weighted by molar-refractivity contribution is 1.50. The Morgan fingerprint density at radius 1 is 1.05 bits per heavy atom. The van der Waals surface area contributed by atoms with Crippen molar-refractivity contribution in [1.29, 1.82) is 5.26 Å². The van der Waals surface area contributed by atoms with Crippen LogP contribution >= 0.6 is 23.2 Å². The molecule has 0 atom stereocenters. The van der Waals surface area contributed by atoms with E-state index in [1.807, 2.05) is 18.2 Å². The number of nitriles is 1. The standard InChI is InChI=1S/C15H10Cl2N2/c16-13-7-5-11(6-8-13)12(9-18)10-19-15-4-2-1-3-14(15)17/h1-8,10,19H/b12-10-. The number of anilines is 1. The zero-order chi connectivity index (χ0) is 13.7. The summed E-state index contributed by atoms with van der Waals surface area (Å²) >= 11 is 11.8. The molecule has 0 aliphatic heterocycles. The van der Waals surface area contributed by atoms with Crippen LogP contribution in [0.2, 0.25) is 10.0 Å². The van der Waals surface area contributed by atoms with E-state index in [0.717, 1.165) is 11.3 Å². The van der Waals surface area contributed by atoms with Gasteiger partial charge in [-0.2, -0.15) is 5.26 Å². The summed E-state index contributed by atoms with van der Waals surface area (Å²) in [5.74, 6) is 0. The van der Waals surface area contributed by atoms with Crippen molar-refractivity contribution < 1.29 is 0 Å². The van der Waals surface area contributed by atoms with Crippen LogP contribution in [0.25, 0.3) is 5.57 Å². The van der Waals surface area contributed by atoms with Gasteiger partial charge in [0.1, 0.15) is 6.07 Å². The molecule has 1 N–H and O–H groups in total. The van der Waals surface area contributed by atoms with Gasteiger partial charge in [0.15, 0.2) is 0 Å². The zero-order valence-electron chi connectivity index (χ0n) is 9.90. The summed E-state index contributed by atoms with van der Waals surface area (Å²) in [6.45, 7) is 0. The molecule has 0 saturated carbocycles. The van der Waals surface area contributed by atoms with E-state index in [9.17, 15) is 5.26 Å². The second-order valence-electron chi connectivity index (χ2n) is 3.80. The number of nitrogens with zero attached hydrogens (tertiary/aromatic N) is 1. The summed E-state index contributed by atoms with van der Waals surface area (Å²) < 4.78 is 0. The highest BCUT2D eigenvalue weighted by atomic mass is 35.5. The number of para-hydroxylation sites is 1. The second kappa shape index (κ2) is 6.29. The molecule has 2 nitrogen and oxygen atoms in total. The average Bonchev–Trinajstić information content (AvgIpc) is 2.43. The van der Waals surface area contributed by atoms with Crippen LogP contribution in [-0.2, 0) is 0 Å². The second-order valence-corrected chi connectivity index (χ2v) is 4.64. The molecular weight excluding hydrogens is 279 g/mol. The van der Waals surface area contributed by atoms with E-state index in [1.165, 1.54) is 0 Å². The quantitative estimate of drug-likeness (QED) is 0.810. The number of hydrogen-bond donors (Lipinski definition) is 1. The van der Waals surface area contributed by atoms with Gasteiger partial charge in [0.05, 0.1) is 16.3 Å². The van der Waals surface area contributed by atoms with Crippen LogP contribution in [0, 0.1) is 11.3 Å². The summed E-state index contributed by atoms with van der Waals surface area (Å²) in [4.78, 5) is 0. The van der Waals surface area contributed by atoms with Crippen molar-refractivity contribution in [2.24, 2.45) is 0 Å². The van der Waals surface area contributed by atoms with Gasteiger partial charge < -0.3 is 5.32 Å². The molecule has 0 amide bonds.